The molecule has 3 heterocycles. The van der Waals surface area contributed by atoms with Crippen LogP contribution in [0, 0.1) is 0 Å². The molecule has 0 unspecified atom stereocenters. The topological polar surface area (TPSA) is 85.5 Å². The van der Waals surface area contributed by atoms with Gasteiger partial charge in [0, 0.05) is 17.4 Å². The zero-order valence-electron chi connectivity index (χ0n) is 19.4. The Morgan fingerprint density at radius 3 is 2.74 bits per heavy atom. The molecule has 1 aromatic heterocycles. The lowest BCUT2D eigenvalue weighted by Gasteiger charge is -2.36. The number of fused-ring (bicyclic) bond motifs is 6. The number of para-hydroxylation sites is 1. The Bertz CT molecular complexity index is 1340. The average Bonchev–Trinajstić information content (AvgIpc) is 3.32. The smallest absolute Gasteiger partial charge is 0.328 e. The van der Waals surface area contributed by atoms with Crippen LogP contribution in [0.4, 0.5) is 4.79 Å². The van der Waals surface area contributed by atoms with Gasteiger partial charge < -0.3 is 15.2 Å². The van der Waals surface area contributed by atoms with E-state index in [0.29, 0.717) is 13.0 Å². The van der Waals surface area contributed by atoms with Gasteiger partial charge in [-0.05, 0) is 62.3 Å². The molecule has 3 atom stereocenters. The molecule has 0 spiro atoms. The Hall–Kier alpha value is -3.61. The first-order valence-electron chi connectivity index (χ1n) is 12.0. The Labute approximate surface area is 198 Å². The highest BCUT2D eigenvalue weighted by molar-refractivity contribution is 6.11. The number of H-pyrrole nitrogens is 1. The van der Waals surface area contributed by atoms with Crippen LogP contribution in [-0.2, 0) is 28.0 Å². The van der Waals surface area contributed by atoms with Crippen molar-refractivity contribution in [2.24, 2.45) is 0 Å². The van der Waals surface area contributed by atoms with Gasteiger partial charge in [0.1, 0.15) is 6.04 Å². The maximum absolute atomic E-state index is 13.8. The third-order valence-electron chi connectivity index (χ3n) is 7.95. The molecule has 4 amide bonds. The first-order chi connectivity index (χ1) is 16.4. The average molecular weight is 457 g/mol. The molecule has 2 aromatic carbocycles. The fourth-order valence-electron chi connectivity index (χ4n) is 6.07. The van der Waals surface area contributed by atoms with Crippen LogP contribution in [0.15, 0.2) is 48.5 Å². The van der Waals surface area contributed by atoms with Crippen molar-refractivity contribution in [2.45, 2.75) is 57.2 Å². The molecule has 1 aliphatic carbocycles. The van der Waals surface area contributed by atoms with Crippen LogP contribution in [0.25, 0.3) is 10.9 Å². The fourth-order valence-corrected chi connectivity index (χ4v) is 6.07. The van der Waals surface area contributed by atoms with Crippen molar-refractivity contribution in [3.63, 3.8) is 0 Å². The number of imide groups is 1. The van der Waals surface area contributed by atoms with Gasteiger partial charge in [0.05, 0.1) is 11.7 Å². The number of hydrogen-bond acceptors (Lipinski definition) is 3. The minimum absolute atomic E-state index is 0.105. The summed E-state index contributed by atoms with van der Waals surface area (Å²) in [6.07, 6.45) is 3.51. The second kappa shape index (κ2) is 7.45. The summed E-state index contributed by atoms with van der Waals surface area (Å²) >= 11 is 0. The van der Waals surface area contributed by atoms with E-state index in [2.05, 4.69) is 22.4 Å². The molecule has 0 saturated carbocycles. The van der Waals surface area contributed by atoms with Gasteiger partial charge in [0.25, 0.3) is 5.91 Å². The molecule has 7 heteroatoms. The van der Waals surface area contributed by atoms with Gasteiger partial charge in [0.15, 0.2) is 5.54 Å². The summed E-state index contributed by atoms with van der Waals surface area (Å²) < 4.78 is 0. The monoisotopic (exact) mass is 456 g/mol. The third kappa shape index (κ3) is 2.79. The number of urea groups is 1. The molecular weight excluding hydrogens is 428 g/mol. The number of hydrogen-bond donors (Lipinski definition) is 2. The Morgan fingerprint density at radius 2 is 1.88 bits per heavy atom. The van der Waals surface area contributed by atoms with Gasteiger partial charge in [-0.25, -0.2) is 9.69 Å². The normalized spacial score (nSPS) is 24.6. The Morgan fingerprint density at radius 1 is 1.12 bits per heavy atom. The van der Waals surface area contributed by atoms with E-state index in [1.165, 1.54) is 5.56 Å². The predicted molar refractivity (Wildman–Crippen MR) is 128 cm³/mol. The summed E-state index contributed by atoms with van der Waals surface area (Å²) in [6, 6.07) is 14.7. The molecule has 1 saturated heterocycles. The van der Waals surface area contributed by atoms with Gasteiger partial charge in [0.2, 0.25) is 5.91 Å². The number of carbonyl (C=O) groups excluding carboxylic acids is 3. The largest absolute Gasteiger partial charge is 0.356 e. The van der Waals surface area contributed by atoms with Gasteiger partial charge in [-0.2, -0.15) is 0 Å². The summed E-state index contributed by atoms with van der Waals surface area (Å²) in [5.74, 6) is -0.652. The van der Waals surface area contributed by atoms with E-state index in [0.717, 1.165) is 51.9 Å². The summed E-state index contributed by atoms with van der Waals surface area (Å²) in [4.78, 5) is 46.8. The molecule has 174 valence electrons. The summed E-state index contributed by atoms with van der Waals surface area (Å²) in [7, 11) is 0. The van der Waals surface area contributed by atoms with Crippen LogP contribution in [0.5, 0.6) is 0 Å². The van der Waals surface area contributed by atoms with Crippen molar-refractivity contribution in [1.29, 1.82) is 0 Å². The van der Waals surface area contributed by atoms with Gasteiger partial charge in [-0.1, -0.05) is 42.5 Å². The number of aryl methyl sites for hydroxylation is 1. The van der Waals surface area contributed by atoms with E-state index in [-0.39, 0.29) is 17.9 Å². The van der Waals surface area contributed by atoms with Crippen molar-refractivity contribution in [3.8, 4) is 0 Å². The van der Waals surface area contributed by atoms with Gasteiger partial charge >= 0.3 is 6.03 Å². The second-order valence-electron chi connectivity index (χ2n) is 9.78. The zero-order valence-corrected chi connectivity index (χ0v) is 19.4. The third-order valence-corrected chi connectivity index (χ3v) is 7.95. The maximum Gasteiger partial charge on any atom is 0.328 e. The van der Waals surface area contributed by atoms with Crippen molar-refractivity contribution in [2.75, 3.05) is 6.54 Å². The number of nitrogens with one attached hydrogen (secondary N) is 2. The standard InChI is InChI=1S/C27H28N4O3/c1-16(24(32)29-21-13-7-9-17-8-3-4-10-18(17)21)31-25(33)27(2)23-20(14-15-30(27)26(31)34)19-11-5-6-12-22(19)28-23/h3-6,8,10-12,16,21,28H,7,9,13-15H2,1-2H3,(H,29,32)/t16-,21+,27-/m0/s1. The molecule has 34 heavy (non-hydrogen) atoms. The Balaban J connectivity index is 1.30. The molecule has 3 aromatic rings. The molecule has 2 aliphatic heterocycles. The van der Waals surface area contributed by atoms with E-state index < -0.39 is 17.6 Å². The van der Waals surface area contributed by atoms with E-state index in [1.54, 1.807) is 18.7 Å². The molecule has 0 radical (unpaired) electrons. The quantitative estimate of drug-likeness (QED) is 0.588. The fraction of sp³-hybridized carbons (Fsp3) is 0.370. The maximum atomic E-state index is 13.8. The molecule has 0 bridgehead atoms. The highest BCUT2D eigenvalue weighted by Crippen LogP contribution is 2.44. The van der Waals surface area contributed by atoms with Crippen LogP contribution in [0.1, 0.15) is 55.1 Å². The minimum atomic E-state index is -1.14. The van der Waals surface area contributed by atoms with Crippen molar-refractivity contribution < 1.29 is 14.4 Å². The lowest BCUT2D eigenvalue weighted by molar-refractivity contribution is -0.139. The van der Waals surface area contributed by atoms with Gasteiger partial charge in [-0.15, -0.1) is 0 Å². The highest BCUT2D eigenvalue weighted by atomic mass is 16.2. The summed E-state index contributed by atoms with van der Waals surface area (Å²) in [6.45, 7) is 3.88. The van der Waals surface area contributed by atoms with Crippen molar-refractivity contribution >= 4 is 28.7 Å². The van der Waals surface area contributed by atoms with E-state index in [9.17, 15) is 14.4 Å². The number of aromatic nitrogens is 1. The minimum Gasteiger partial charge on any atom is -0.356 e. The molecule has 3 aliphatic rings. The highest BCUT2D eigenvalue weighted by Gasteiger charge is 2.60. The molecule has 2 N–H and O–H groups in total. The molecule has 6 rings (SSSR count). The van der Waals surface area contributed by atoms with Crippen molar-refractivity contribution in [1.82, 2.24) is 20.1 Å². The zero-order chi connectivity index (χ0) is 23.6. The molecule has 7 nitrogen and oxygen atoms in total. The summed E-state index contributed by atoms with van der Waals surface area (Å²) in [5.41, 5.74) is 4.02. The lowest BCUT2D eigenvalue weighted by Crippen LogP contribution is -2.50. The van der Waals surface area contributed by atoms with Crippen molar-refractivity contribution in [3.05, 3.63) is 70.9 Å². The number of nitrogens with zero attached hydrogens (tertiary/aromatic N) is 2. The number of carbonyl (C=O) groups is 3. The number of aromatic amines is 1. The van der Waals surface area contributed by atoms with Crippen LogP contribution < -0.4 is 5.32 Å². The van der Waals surface area contributed by atoms with E-state index in [4.69, 9.17) is 0 Å². The van der Waals surface area contributed by atoms with Crippen LogP contribution >= 0.6 is 0 Å². The first-order valence-corrected chi connectivity index (χ1v) is 12.0. The Kier molecular flexibility index (Phi) is 4.59. The SMILES string of the molecule is C[C@@H](C(=O)N[C@@H]1CCCc2ccccc21)N1C(=O)N2CCc3c([nH]c4ccccc34)[C@@]2(C)C1=O. The number of benzene rings is 2. The second-order valence-corrected chi connectivity index (χ2v) is 9.78. The van der Waals surface area contributed by atoms with Crippen LogP contribution in [0.3, 0.4) is 0 Å². The number of rotatable bonds is 3. The number of amides is 4. The molecular formula is C27H28N4O3. The van der Waals surface area contributed by atoms with Crippen LogP contribution in [-0.4, -0.2) is 45.2 Å². The van der Waals surface area contributed by atoms with Gasteiger partial charge in [-0.3, -0.25) is 9.59 Å². The molecule has 1 fully saturated rings. The van der Waals surface area contributed by atoms with E-state index in [1.807, 2.05) is 36.4 Å². The van der Waals surface area contributed by atoms with Crippen LogP contribution in [0.2, 0.25) is 0 Å². The summed E-state index contributed by atoms with van der Waals surface area (Å²) in [5, 5.41) is 4.20. The lowest BCUT2D eigenvalue weighted by atomic mass is 9.87. The first kappa shape index (κ1) is 21.0. The van der Waals surface area contributed by atoms with E-state index >= 15 is 0 Å². The predicted octanol–water partition coefficient (Wildman–Crippen LogP) is 3.79.